The summed E-state index contributed by atoms with van der Waals surface area (Å²) in [5.41, 5.74) is 0.263. The highest BCUT2D eigenvalue weighted by Gasteiger charge is 2.10. The minimum atomic E-state index is -0.0280. The molecule has 13 heavy (non-hydrogen) atoms. The van der Waals surface area contributed by atoms with Gasteiger partial charge in [-0.2, -0.15) is 0 Å². The van der Waals surface area contributed by atoms with Crippen LogP contribution < -0.4 is 9.47 Å². The minimum Gasteiger partial charge on any atom is -0.508 e. The Morgan fingerprint density at radius 2 is 2.00 bits per heavy atom. The largest absolute Gasteiger partial charge is 0.508 e. The van der Waals surface area contributed by atoms with Gasteiger partial charge in [-0.3, -0.25) is 4.79 Å². The summed E-state index contributed by atoms with van der Waals surface area (Å²) in [6.45, 7) is 0. The molecule has 0 unspecified atom stereocenters. The highest BCUT2D eigenvalue weighted by Crippen LogP contribution is 2.33. The number of methoxy groups -OCH3 is 2. The molecular formula is C9H10O4. The molecule has 0 aromatic heterocycles. The molecule has 0 saturated heterocycles. The molecule has 0 saturated carbocycles. The molecule has 0 bridgehead atoms. The second-order valence-corrected chi connectivity index (χ2v) is 2.39. The van der Waals surface area contributed by atoms with E-state index >= 15 is 0 Å². The second kappa shape index (κ2) is 3.80. The number of aldehydes is 1. The lowest BCUT2D eigenvalue weighted by Gasteiger charge is -2.09. The van der Waals surface area contributed by atoms with Gasteiger partial charge in [0.1, 0.15) is 5.75 Å². The summed E-state index contributed by atoms with van der Waals surface area (Å²) in [5, 5.41) is 9.18. The lowest BCUT2D eigenvalue weighted by molar-refractivity contribution is 0.111. The molecule has 1 aromatic carbocycles. The Morgan fingerprint density at radius 1 is 1.31 bits per heavy atom. The monoisotopic (exact) mass is 182 g/mol. The fourth-order valence-electron chi connectivity index (χ4n) is 1.07. The average molecular weight is 182 g/mol. The quantitative estimate of drug-likeness (QED) is 0.714. The van der Waals surface area contributed by atoms with E-state index in [-0.39, 0.29) is 11.3 Å². The summed E-state index contributed by atoms with van der Waals surface area (Å²) in [6, 6.07) is 2.69. The van der Waals surface area contributed by atoms with Crippen LogP contribution >= 0.6 is 0 Å². The smallest absolute Gasteiger partial charge is 0.171 e. The number of ether oxygens (including phenoxy) is 2. The molecule has 0 aliphatic heterocycles. The van der Waals surface area contributed by atoms with E-state index in [1.165, 1.54) is 26.4 Å². The third kappa shape index (κ3) is 1.72. The van der Waals surface area contributed by atoms with Crippen LogP contribution in [0.3, 0.4) is 0 Å². The molecule has 0 aliphatic rings. The van der Waals surface area contributed by atoms with Crippen molar-refractivity contribution in [3.8, 4) is 17.2 Å². The van der Waals surface area contributed by atoms with Gasteiger partial charge in [0.2, 0.25) is 0 Å². The SMILES string of the molecule is COc1cc(O)cc(C=O)c1OC. The maximum Gasteiger partial charge on any atom is 0.171 e. The zero-order valence-electron chi connectivity index (χ0n) is 7.40. The van der Waals surface area contributed by atoms with Gasteiger partial charge < -0.3 is 14.6 Å². The fraction of sp³-hybridized carbons (Fsp3) is 0.222. The molecule has 0 heterocycles. The Morgan fingerprint density at radius 3 is 2.46 bits per heavy atom. The predicted octanol–water partition coefficient (Wildman–Crippen LogP) is 1.22. The van der Waals surface area contributed by atoms with Crippen LogP contribution in [-0.2, 0) is 0 Å². The lowest BCUT2D eigenvalue weighted by atomic mass is 10.2. The summed E-state index contributed by atoms with van der Waals surface area (Å²) < 4.78 is 9.86. The highest BCUT2D eigenvalue weighted by atomic mass is 16.5. The van der Waals surface area contributed by atoms with Gasteiger partial charge in [0.15, 0.2) is 17.8 Å². The molecule has 0 spiro atoms. The van der Waals surface area contributed by atoms with Gasteiger partial charge in [-0.05, 0) is 6.07 Å². The molecule has 4 nitrogen and oxygen atoms in total. The van der Waals surface area contributed by atoms with Gasteiger partial charge in [0.25, 0.3) is 0 Å². The molecule has 0 radical (unpaired) electrons. The van der Waals surface area contributed by atoms with Crippen LogP contribution in [-0.4, -0.2) is 25.6 Å². The van der Waals surface area contributed by atoms with Crippen LogP contribution in [0.4, 0.5) is 0 Å². The number of phenols is 1. The first-order valence-corrected chi connectivity index (χ1v) is 3.63. The first-order chi connectivity index (χ1) is 6.22. The molecule has 1 aromatic rings. The van der Waals surface area contributed by atoms with Crippen LogP contribution in [0.25, 0.3) is 0 Å². The Bertz CT molecular complexity index is 320. The number of rotatable bonds is 3. The van der Waals surface area contributed by atoms with Gasteiger partial charge in [-0.1, -0.05) is 0 Å². The van der Waals surface area contributed by atoms with Crippen LogP contribution in [0.2, 0.25) is 0 Å². The van der Waals surface area contributed by atoms with E-state index < -0.39 is 0 Å². The first kappa shape index (κ1) is 9.38. The van der Waals surface area contributed by atoms with Gasteiger partial charge in [-0.15, -0.1) is 0 Å². The van der Waals surface area contributed by atoms with Crippen molar-refractivity contribution in [1.29, 1.82) is 0 Å². The fourth-order valence-corrected chi connectivity index (χ4v) is 1.07. The Hall–Kier alpha value is -1.71. The third-order valence-electron chi connectivity index (χ3n) is 1.62. The van der Waals surface area contributed by atoms with Crippen molar-refractivity contribution in [1.82, 2.24) is 0 Å². The summed E-state index contributed by atoms with van der Waals surface area (Å²) >= 11 is 0. The van der Waals surface area contributed by atoms with Crippen molar-refractivity contribution < 1.29 is 19.4 Å². The van der Waals surface area contributed by atoms with Crippen molar-refractivity contribution in [3.05, 3.63) is 17.7 Å². The second-order valence-electron chi connectivity index (χ2n) is 2.39. The number of carbonyl (C=O) groups is 1. The van der Waals surface area contributed by atoms with Crippen LogP contribution in [0, 0.1) is 0 Å². The zero-order chi connectivity index (χ0) is 9.84. The number of benzene rings is 1. The average Bonchev–Trinajstić information content (AvgIpc) is 2.16. The Labute approximate surface area is 75.7 Å². The van der Waals surface area contributed by atoms with Gasteiger partial charge in [-0.25, -0.2) is 0 Å². The van der Waals surface area contributed by atoms with Crippen molar-refractivity contribution in [2.45, 2.75) is 0 Å². The molecule has 4 heteroatoms. The number of phenolic OH excluding ortho intramolecular Hbond substituents is 1. The van der Waals surface area contributed by atoms with E-state index in [9.17, 15) is 9.90 Å². The molecule has 1 rings (SSSR count). The normalized spacial score (nSPS) is 9.38. The van der Waals surface area contributed by atoms with Crippen LogP contribution in [0.5, 0.6) is 17.2 Å². The van der Waals surface area contributed by atoms with Gasteiger partial charge in [0, 0.05) is 6.07 Å². The van der Waals surface area contributed by atoms with Crippen LogP contribution in [0.1, 0.15) is 10.4 Å². The molecule has 0 aliphatic carbocycles. The predicted molar refractivity (Wildman–Crippen MR) is 46.6 cm³/mol. The highest BCUT2D eigenvalue weighted by molar-refractivity contribution is 5.82. The first-order valence-electron chi connectivity index (χ1n) is 3.63. The van der Waals surface area contributed by atoms with Crippen molar-refractivity contribution >= 4 is 6.29 Å². The summed E-state index contributed by atoms with van der Waals surface area (Å²) in [5.74, 6) is 0.639. The molecule has 70 valence electrons. The third-order valence-corrected chi connectivity index (χ3v) is 1.62. The van der Waals surface area contributed by atoms with Crippen molar-refractivity contribution in [2.75, 3.05) is 14.2 Å². The van der Waals surface area contributed by atoms with Gasteiger partial charge in [0.05, 0.1) is 19.8 Å². The molecule has 1 N–H and O–H groups in total. The van der Waals surface area contributed by atoms with E-state index in [2.05, 4.69) is 0 Å². The lowest BCUT2D eigenvalue weighted by Crippen LogP contribution is -1.94. The summed E-state index contributed by atoms with van der Waals surface area (Å²) in [4.78, 5) is 10.6. The molecule has 0 fully saturated rings. The van der Waals surface area contributed by atoms with E-state index in [4.69, 9.17) is 9.47 Å². The Balaban J connectivity index is 3.33. The zero-order valence-corrected chi connectivity index (χ0v) is 7.40. The van der Waals surface area contributed by atoms with E-state index in [1.54, 1.807) is 0 Å². The van der Waals surface area contributed by atoms with E-state index in [0.717, 1.165) is 0 Å². The number of aromatic hydroxyl groups is 1. The number of carbonyl (C=O) groups excluding carboxylic acids is 1. The maximum atomic E-state index is 10.6. The van der Waals surface area contributed by atoms with Crippen molar-refractivity contribution in [2.24, 2.45) is 0 Å². The standard InChI is InChI=1S/C9H10O4/c1-12-8-4-7(11)3-6(5-10)9(8)13-2/h3-5,11H,1-2H3. The van der Waals surface area contributed by atoms with E-state index in [0.29, 0.717) is 17.8 Å². The number of hydrogen-bond donors (Lipinski definition) is 1. The maximum absolute atomic E-state index is 10.6. The number of hydrogen-bond acceptors (Lipinski definition) is 4. The Kier molecular flexibility index (Phi) is 2.74. The van der Waals surface area contributed by atoms with E-state index in [1.807, 2.05) is 0 Å². The molecular weight excluding hydrogens is 172 g/mol. The molecule has 0 amide bonds. The van der Waals surface area contributed by atoms with Gasteiger partial charge >= 0.3 is 0 Å². The van der Waals surface area contributed by atoms with Crippen LogP contribution in [0.15, 0.2) is 12.1 Å². The van der Waals surface area contributed by atoms with Crippen molar-refractivity contribution in [3.63, 3.8) is 0 Å². The molecule has 0 atom stereocenters. The minimum absolute atomic E-state index is 0.0280. The summed E-state index contributed by atoms with van der Waals surface area (Å²) in [6.07, 6.45) is 0.598. The topological polar surface area (TPSA) is 55.8 Å². The summed E-state index contributed by atoms with van der Waals surface area (Å²) in [7, 11) is 2.87.